The maximum Gasteiger partial charge on any atom is 0.0632 e. The third kappa shape index (κ3) is 8.03. The van der Waals surface area contributed by atoms with Crippen LogP contribution in [0, 0.1) is 0 Å². The standard InChI is InChI=1S/C84H63N3/c1-83(2)74-30-17-31-75-82(74)87(80-44-36-62(52-76(80)83)68-42-46-78(72-28-15-13-26-70(68)72)85(64-38-32-54-18-5-9-22-58(54)48-64)65-39-33-55-19-6-10-23-59(55)49-65)81-45-37-63(53-77(81)84(75,3)4)69-43-47-79(73-29-16-14-27-71(69)73)86(66-40-34-56-20-7-11-24-60(56)50-66)67-41-35-57-21-8-12-25-61(57)51-67/h5-46,48-53,79H,47H2,1-4H3. The van der Waals surface area contributed by atoms with Gasteiger partial charge in [-0.1, -0.05) is 240 Å². The number of para-hydroxylation sites is 1. The van der Waals surface area contributed by atoms with Gasteiger partial charge in [0.15, 0.2) is 0 Å². The second-order valence-electron chi connectivity index (χ2n) is 25.2. The van der Waals surface area contributed by atoms with Gasteiger partial charge in [0.25, 0.3) is 0 Å². The molecule has 17 rings (SSSR count). The van der Waals surface area contributed by atoms with Gasteiger partial charge in [-0.3, -0.25) is 0 Å². The van der Waals surface area contributed by atoms with E-state index in [1.807, 2.05) is 0 Å². The summed E-state index contributed by atoms with van der Waals surface area (Å²) in [5, 5.41) is 12.3. The van der Waals surface area contributed by atoms with Crippen LogP contribution < -0.4 is 14.7 Å². The van der Waals surface area contributed by atoms with Crippen LogP contribution in [0.25, 0.3) is 70.6 Å². The number of benzene rings is 14. The molecule has 87 heavy (non-hydrogen) atoms. The maximum absolute atomic E-state index is 2.61. The Morgan fingerprint density at radius 3 is 1.34 bits per heavy atom. The number of anilines is 8. The smallest absolute Gasteiger partial charge is 0.0632 e. The van der Waals surface area contributed by atoms with Crippen molar-refractivity contribution in [2.45, 2.75) is 51.0 Å². The van der Waals surface area contributed by atoms with E-state index in [9.17, 15) is 0 Å². The first-order valence-electron chi connectivity index (χ1n) is 30.7. The third-order valence-corrected chi connectivity index (χ3v) is 19.7. The minimum absolute atomic E-state index is 0.0705. The first-order valence-corrected chi connectivity index (χ1v) is 30.7. The van der Waals surface area contributed by atoms with Crippen LogP contribution in [0.2, 0.25) is 0 Å². The van der Waals surface area contributed by atoms with Gasteiger partial charge < -0.3 is 14.7 Å². The predicted molar refractivity (Wildman–Crippen MR) is 369 cm³/mol. The van der Waals surface area contributed by atoms with E-state index in [4.69, 9.17) is 0 Å². The topological polar surface area (TPSA) is 9.72 Å². The summed E-state index contributed by atoms with van der Waals surface area (Å²) in [4.78, 5) is 7.64. The molecule has 2 aliphatic heterocycles. The van der Waals surface area contributed by atoms with Gasteiger partial charge in [0.05, 0.1) is 28.8 Å². The summed E-state index contributed by atoms with van der Waals surface area (Å²) in [5.41, 5.74) is 21.9. The summed E-state index contributed by atoms with van der Waals surface area (Å²) >= 11 is 0. The molecule has 3 nitrogen and oxygen atoms in total. The summed E-state index contributed by atoms with van der Waals surface area (Å²) in [7, 11) is 0. The van der Waals surface area contributed by atoms with Crippen molar-refractivity contribution in [1.29, 1.82) is 0 Å². The molecule has 0 N–H and O–H groups in total. The fourth-order valence-corrected chi connectivity index (χ4v) is 15.2. The van der Waals surface area contributed by atoms with Crippen molar-refractivity contribution >= 4 is 105 Å². The van der Waals surface area contributed by atoms with Gasteiger partial charge in [0.1, 0.15) is 0 Å². The molecule has 1 aliphatic carbocycles. The van der Waals surface area contributed by atoms with Crippen molar-refractivity contribution in [2.24, 2.45) is 0 Å². The van der Waals surface area contributed by atoms with Gasteiger partial charge in [-0.15, -0.1) is 0 Å². The van der Waals surface area contributed by atoms with Crippen LogP contribution in [0.4, 0.5) is 45.5 Å². The highest BCUT2D eigenvalue weighted by molar-refractivity contribution is 6.08. The Balaban J connectivity index is 0.769. The number of rotatable bonds is 8. The van der Waals surface area contributed by atoms with Crippen LogP contribution in [0.1, 0.15) is 79.1 Å². The first kappa shape index (κ1) is 51.0. The van der Waals surface area contributed by atoms with E-state index in [0.29, 0.717) is 0 Å². The van der Waals surface area contributed by atoms with Gasteiger partial charge >= 0.3 is 0 Å². The SMILES string of the molecule is CC1(C)c2cc(C3=CCC(N(c4ccc5ccccc5c4)c4ccc5ccccc5c4)c4ccccc43)ccc2N2c3ccc(-c4ccc(N(c5ccc6ccccc6c5)c5ccc6ccccc6c5)c5ccccc45)cc3C(C)(C)c3cccc1c32. The highest BCUT2D eigenvalue weighted by atomic mass is 15.2. The van der Waals surface area contributed by atoms with Crippen molar-refractivity contribution in [3.8, 4) is 11.1 Å². The quantitative estimate of drug-likeness (QED) is 0.150. The molecule has 3 aliphatic rings. The largest absolute Gasteiger partial charge is 0.334 e. The minimum atomic E-state index is -0.292. The van der Waals surface area contributed by atoms with E-state index >= 15 is 0 Å². The molecule has 0 radical (unpaired) electrons. The normalized spacial score (nSPS) is 15.2. The zero-order valence-electron chi connectivity index (χ0n) is 49.3. The number of hydrogen-bond acceptors (Lipinski definition) is 3. The van der Waals surface area contributed by atoms with Crippen molar-refractivity contribution in [1.82, 2.24) is 0 Å². The monoisotopic (exact) mass is 1110 g/mol. The van der Waals surface area contributed by atoms with E-state index in [1.165, 1.54) is 138 Å². The Morgan fingerprint density at radius 1 is 0.345 bits per heavy atom. The van der Waals surface area contributed by atoms with Gasteiger partial charge in [-0.2, -0.15) is 0 Å². The molecule has 0 amide bonds. The molecule has 0 bridgehead atoms. The second-order valence-corrected chi connectivity index (χ2v) is 25.2. The number of hydrogen-bond donors (Lipinski definition) is 0. The molecule has 1 atom stereocenters. The van der Waals surface area contributed by atoms with Crippen molar-refractivity contribution in [3.63, 3.8) is 0 Å². The Labute approximate surface area is 509 Å². The van der Waals surface area contributed by atoms with Crippen molar-refractivity contribution < 1.29 is 0 Å². The van der Waals surface area contributed by atoms with Crippen molar-refractivity contribution in [2.75, 3.05) is 14.7 Å². The van der Waals surface area contributed by atoms with Crippen LogP contribution in [0.3, 0.4) is 0 Å². The lowest BCUT2D eigenvalue weighted by atomic mass is 9.66. The average Bonchev–Trinajstić information content (AvgIpc) is 0.713. The third-order valence-electron chi connectivity index (χ3n) is 19.7. The van der Waals surface area contributed by atoms with Crippen LogP contribution in [-0.2, 0) is 10.8 Å². The first-order chi connectivity index (χ1) is 42.6. The predicted octanol–water partition coefficient (Wildman–Crippen LogP) is 23.1. The lowest BCUT2D eigenvalue weighted by Crippen LogP contribution is -2.38. The molecule has 0 saturated heterocycles. The second kappa shape index (κ2) is 19.5. The van der Waals surface area contributed by atoms with Crippen molar-refractivity contribution in [3.05, 3.63) is 330 Å². The van der Waals surface area contributed by atoms with Gasteiger partial charge in [0, 0.05) is 39.0 Å². The summed E-state index contributed by atoms with van der Waals surface area (Å²) in [6.45, 7) is 9.74. The summed E-state index contributed by atoms with van der Waals surface area (Å²) in [6.07, 6.45) is 3.37. The molecular weight excluding hydrogens is 1050 g/mol. The Kier molecular flexibility index (Phi) is 11.4. The van der Waals surface area contributed by atoms with Crippen LogP contribution in [-0.4, -0.2) is 0 Å². The highest BCUT2D eigenvalue weighted by Crippen LogP contribution is 2.61. The summed E-state index contributed by atoms with van der Waals surface area (Å²) in [5.74, 6) is 0. The van der Waals surface area contributed by atoms with E-state index in [-0.39, 0.29) is 16.9 Å². The zero-order chi connectivity index (χ0) is 58.1. The zero-order valence-corrected chi connectivity index (χ0v) is 49.3. The summed E-state index contributed by atoms with van der Waals surface area (Å²) in [6, 6.07) is 107. The molecule has 14 aromatic rings. The van der Waals surface area contributed by atoms with Gasteiger partial charge in [0.2, 0.25) is 0 Å². The molecule has 414 valence electrons. The molecule has 3 heteroatoms. The Bertz CT molecular complexity index is 5040. The van der Waals surface area contributed by atoms with Gasteiger partial charge in [-0.25, -0.2) is 0 Å². The average molecular weight is 1110 g/mol. The van der Waals surface area contributed by atoms with E-state index in [1.54, 1.807) is 0 Å². The lowest BCUT2D eigenvalue weighted by molar-refractivity contribution is 0.597. The molecule has 2 heterocycles. The molecule has 0 aromatic heterocycles. The van der Waals surface area contributed by atoms with E-state index in [2.05, 4.69) is 334 Å². The molecule has 0 spiro atoms. The number of nitrogens with zero attached hydrogens (tertiary/aromatic N) is 3. The van der Waals surface area contributed by atoms with E-state index < -0.39 is 0 Å². The molecule has 14 aromatic carbocycles. The van der Waals surface area contributed by atoms with E-state index in [0.717, 1.165) is 23.5 Å². The van der Waals surface area contributed by atoms with Crippen LogP contribution in [0.5, 0.6) is 0 Å². The highest BCUT2D eigenvalue weighted by Gasteiger charge is 2.46. The molecule has 1 unspecified atom stereocenters. The molecular formula is C84H63N3. The number of fused-ring (bicyclic) bond motifs is 10. The summed E-state index contributed by atoms with van der Waals surface area (Å²) < 4.78 is 0. The fourth-order valence-electron chi connectivity index (χ4n) is 15.2. The lowest BCUT2D eigenvalue weighted by Gasteiger charge is -2.49. The Hall–Kier alpha value is -10.5. The maximum atomic E-state index is 2.61. The minimum Gasteiger partial charge on any atom is -0.334 e. The molecule has 0 saturated carbocycles. The van der Waals surface area contributed by atoms with Gasteiger partial charge in [-0.05, 0) is 189 Å². The molecule has 0 fully saturated rings. The fraction of sp³-hybridized carbons (Fsp3) is 0.0952. The van der Waals surface area contributed by atoms with Crippen LogP contribution in [0.15, 0.2) is 291 Å². The van der Waals surface area contributed by atoms with Crippen LogP contribution >= 0.6 is 0 Å². The Morgan fingerprint density at radius 2 is 0.793 bits per heavy atom.